The van der Waals surface area contributed by atoms with Crippen LogP contribution < -0.4 is 16.8 Å². The molecular weight excluding hydrogens is 230 g/mol. The lowest BCUT2D eigenvalue weighted by molar-refractivity contribution is -0.116. The molecule has 0 heterocycles. The summed E-state index contributed by atoms with van der Waals surface area (Å²) in [5, 5.41) is 2.70. The normalized spacial score (nSPS) is 12.2. The highest BCUT2D eigenvalue weighted by molar-refractivity contribution is 5.96. The molecule has 0 bridgehead atoms. The average Bonchev–Trinajstić information content (AvgIpc) is 2.28. The van der Waals surface area contributed by atoms with Crippen LogP contribution in [0.15, 0.2) is 24.3 Å². The number of carbonyl (C=O) groups is 2. The Labute approximate surface area is 107 Å². The van der Waals surface area contributed by atoms with Crippen LogP contribution in [0.4, 0.5) is 5.69 Å². The Balaban J connectivity index is 2.65. The molecule has 0 aliphatic heterocycles. The van der Waals surface area contributed by atoms with Crippen LogP contribution >= 0.6 is 0 Å². The predicted molar refractivity (Wildman–Crippen MR) is 71.0 cm³/mol. The van der Waals surface area contributed by atoms with E-state index in [-0.39, 0.29) is 24.3 Å². The maximum atomic E-state index is 11.7. The number of anilines is 1. The van der Waals surface area contributed by atoms with Crippen molar-refractivity contribution in [3.8, 4) is 0 Å². The largest absolute Gasteiger partial charge is 0.366 e. The van der Waals surface area contributed by atoms with Crippen molar-refractivity contribution in [3.05, 3.63) is 29.8 Å². The quantitative estimate of drug-likeness (QED) is 0.728. The van der Waals surface area contributed by atoms with E-state index in [0.717, 1.165) is 0 Å². The van der Waals surface area contributed by atoms with Gasteiger partial charge in [-0.3, -0.25) is 9.59 Å². The van der Waals surface area contributed by atoms with Gasteiger partial charge in [-0.15, -0.1) is 0 Å². The molecule has 5 nitrogen and oxygen atoms in total. The molecule has 1 atom stereocenters. The highest BCUT2D eigenvalue weighted by Gasteiger charge is 2.13. The van der Waals surface area contributed by atoms with Gasteiger partial charge in [0.15, 0.2) is 0 Å². The van der Waals surface area contributed by atoms with E-state index in [4.69, 9.17) is 11.5 Å². The molecule has 1 unspecified atom stereocenters. The highest BCUT2D eigenvalue weighted by Crippen LogP contribution is 2.11. The predicted octanol–water partition coefficient (Wildman–Crippen LogP) is 1.10. The van der Waals surface area contributed by atoms with E-state index in [1.165, 1.54) is 0 Å². The van der Waals surface area contributed by atoms with Gasteiger partial charge in [-0.1, -0.05) is 19.9 Å². The van der Waals surface area contributed by atoms with Gasteiger partial charge in [0.25, 0.3) is 0 Å². The molecule has 18 heavy (non-hydrogen) atoms. The van der Waals surface area contributed by atoms with Crippen LogP contribution in [0, 0.1) is 5.92 Å². The van der Waals surface area contributed by atoms with Crippen LogP contribution in [0.2, 0.25) is 0 Å². The Morgan fingerprint density at radius 3 is 2.56 bits per heavy atom. The average molecular weight is 249 g/mol. The molecule has 0 fully saturated rings. The fraction of sp³-hybridized carbons (Fsp3) is 0.385. The first-order chi connectivity index (χ1) is 8.40. The van der Waals surface area contributed by atoms with E-state index in [0.29, 0.717) is 11.3 Å². The number of nitrogens with one attached hydrogen (secondary N) is 1. The Morgan fingerprint density at radius 1 is 1.33 bits per heavy atom. The van der Waals surface area contributed by atoms with Gasteiger partial charge in [0.05, 0.1) is 0 Å². The molecule has 0 spiro atoms. The zero-order valence-electron chi connectivity index (χ0n) is 10.6. The summed E-state index contributed by atoms with van der Waals surface area (Å²) in [6.45, 7) is 3.93. The number of rotatable bonds is 5. The SMILES string of the molecule is CC(C)C(N)CC(=O)Nc1cccc(C(N)=O)c1. The van der Waals surface area contributed by atoms with Gasteiger partial charge in [-0.25, -0.2) is 0 Å². The number of primary amides is 1. The summed E-state index contributed by atoms with van der Waals surface area (Å²) in [4.78, 5) is 22.7. The fourth-order valence-corrected chi connectivity index (χ4v) is 1.41. The molecular formula is C13H19N3O2. The van der Waals surface area contributed by atoms with E-state index >= 15 is 0 Å². The lowest BCUT2D eigenvalue weighted by atomic mass is 10.0. The van der Waals surface area contributed by atoms with E-state index in [1.54, 1.807) is 24.3 Å². The highest BCUT2D eigenvalue weighted by atomic mass is 16.2. The maximum absolute atomic E-state index is 11.7. The third-order valence-electron chi connectivity index (χ3n) is 2.71. The number of carbonyl (C=O) groups excluding carboxylic acids is 2. The summed E-state index contributed by atoms with van der Waals surface area (Å²) >= 11 is 0. The lowest BCUT2D eigenvalue weighted by Crippen LogP contribution is -2.31. The second kappa shape index (κ2) is 6.16. The number of amides is 2. The van der Waals surface area contributed by atoms with Crippen molar-refractivity contribution in [1.29, 1.82) is 0 Å². The first kappa shape index (κ1) is 14.2. The Kier molecular flexibility index (Phi) is 4.85. The lowest BCUT2D eigenvalue weighted by Gasteiger charge is -2.15. The van der Waals surface area contributed by atoms with Gasteiger partial charge in [-0.2, -0.15) is 0 Å². The van der Waals surface area contributed by atoms with Crippen LogP contribution in [0.5, 0.6) is 0 Å². The molecule has 5 N–H and O–H groups in total. The number of hydrogen-bond donors (Lipinski definition) is 3. The standard InChI is InChI=1S/C13H19N3O2/c1-8(2)11(14)7-12(17)16-10-5-3-4-9(6-10)13(15)18/h3-6,8,11H,7,14H2,1-2H3,(H2,15,18)(H,16,17). The van der Waals surface area contributed by atoms with Crippen LogP contribution in [0.25, 0.3) is 0 Å². The van der Waals surface area contributed by atoms with E-state index in [1.807, 2.05) is 13.8 Å². The molecule has 1 aromatic carbocycles. The van der Waals surface area contributed by atoms with Gasteiger partial charge >= 0.3 is 0 Å². The van der Waals surface area contributed by atoms with Crippen molar-refractivity contribution in [3.63, 3.8) is 0 Å². The summed E-state index contributed by atoms with van der Waals surface area (Å²) in [6, 6.07) is 6.33. The molecule has 0 aromatic heterocycles. The number of nitrogens with two attached hydrogens (primary N) is 2. The summed E-state index contributed by atoms with van der Waals surface area (Å²) in [5.74, 6) is -0.449. The molecule has 0 aliphatic carbocycles. The van der Waals surface area contributed by atoms with E-state index in [2.05, 4.69) is 5.32 Å². The summed E-state index contributed by atoms with van der Waals surface area (Å²) in [5.41, 5.74) is 11.9. The maximum Gasteiger partial charge on any atom is 0.248 e. The molecule has 1 aromatic rings. The van der Waals surface area contributed by atoms with Crippen molar-refractivity contribution >= 4 is 17.5 Å². The molecule has 0 saturated heterocycles. The number of benzene rings is 1. The van der Waals surface area contributed by atoms with Crippen LogP contribution in [0.1, 0.15) is 30.6 Å². The number of hydrogen-bond acceptors (Lipinski definition) is 3. The van der Waals surface area contributed by atoms with Crippen molar-refractivity contribution in [2.24, 2.45) is 17.4 Å². The second-order valence-corrected chi connectivity index (χ2v) is 4.61. The molecule has 0 saturated carbocycles. The Hall–Kier alpha value is -1.88. The van der Waals surface area contributed by atoms with Gasteiger partial charge in [0, 0.05) is 23.7 Å². The molecule has 5 heteroatoms. The summed E-state index contributed by atoms with van der Waals surface area (Å²) < 4.78 is 0. The van der Waals surface area contributed by atoms with Gasteiger partial charge < -0.3 is 16.8 Å². The fourth-order valence-electron chi connectivity index (χ4n) is 1.41. The minimum atomic E-state index is -0.523. The van der Waals surface area contributed by atoms with Crippen molar-refractivity contribution in [2.75, 3.05) is 5.32 Å². The van der Waals surface area contributed by atoms with Gasteiger partial charge in [0.2, 0.25) is 11.8 Å². The van der Waals surface area contributed by atoms with Gasteiger partial charge in [-0.05, 0) is 24.1 Å². The third kappa shape index (κ3) is 4.18. The van der Waals surface area contributed by atoms with E-state index in [9.17, 15) is 9.59 Å². The van der Waals surface area contributed by atoms with Crippen molar-refractivity contribution < 1.29 is 9.59 Å². The van der Waals surface area contributed by atoms with Crippen LogP contribution in [-0.2, 0) is 4.79 Å². The van der Waals surface area contributed by atoms with Gasteiger partial charge in [0.1, 0.15) is 0 Å². The third-order valence-corrected chi connectivity index (χ3v) is 2.71. The van der Waals surface area contributed by atoms with Crippen molar-refractivity contribution in [2.45, 2.75) is 26.3 Å². The monoisotopic (exact) mass is 249 g/mol. The molecule has 98 valence electrons. The Bertz CT molecular complexity index is 444. The summed E-state index contributed by atoms with van der Waals surface area (Å²) in [6.07, 6.45) is 0.248. The molecule has 2 amide bonds. The van der Waals surface area contributed by atoms with Crippen molar-refractivity contribution in [1.82, 2.24) is 0 Å². The zero-order chi connectivity index (χ0) is 13.7. The molecule has 1 rings (SSSR count). The zero-order valence-corrected chi connectivity index (χ0v) is 10.6. The van der Waals surface area contributed by atoms with Crippen LogP contribution in [0.3, 0.4) is 0 Å². The van der Waals surface area contributed by atoms with E-state index < -0.39 is 5.91 Å². The molecule has 0 aliphatic rings. The second-order valence-electron chi connectivity index (χ2n) is 4.61. The minimum absolute atomic E-state index is 0.169. The molecule has 0 radical (unpaired) electrons. The van der Waals surface area contributed by atoms with Crippen LogP contribution in [-0.4, -0.2) is 17.9 Å². The minimum Gasteiger partial charge on any atom is -0.366 e. The Morgan fingerprint density at radius 2 is 2.00 bits per heavy atom. The topological polar surface area (TPSA) is 98.2 Å². The first-order valence-electron chi connectivity index (χ1n) is 5.85. The first-order valence-corrected chi connectivity index (χ1v) is 5.85. The summed E-state index contributed by atoms with van der Waals surface area (Å²) in [7, 11) is 0. The smallest absolute Gasteiger partial charge is 0.248 e.